The third-order valence-corrected chi connectivity index (χ3v) is 6.30. The van der Waals surface area contributed by atoms with E-state index in [1.54, 1.807) is 10.6 Å². The van der Waals surface area contributed by atoms with Crippen LogP contribution in [0.25, 0.3) is 16.8 Å². The number of nitrogens with one attached hydrogen (secondary N) is 1. The minimum absolute atomic E-state index is 0.0370. The van der Waals surface area contributed by atoms with E-state index >= 15 is 0 Å². The molecule has 1 amide bonds. The summed E-state index contributed by atoms with van der Waals surface area (Å²) >= 11 is 0. The molecule has 3 heterocycles. The predicted molar refractivity (Wildman–Crippen MR) is 120 cm³/mol. The van der Waals surface area contributed by atoms with Crippen molar-refractivity contribution in [2.75, 3.05) is 18.4 Å². The first-order valence-electron chi connectivity index (χ1n) is 10.9. The van der Waals surface area contributed by atoms with Crippen molar-refractivity contribution in [1.82, 2.24) is 14.3 Å². The van der Waals surface area contributed by atoms with Gasteiger partial charge in [0.05, 0.1) is 11.3 Å². The van der Waals surface area contributed by atoms with Gasteiger partial charge < -0.3 is 15.3 Å². The van der Waals surface area contributed by atoms with Gasteiger partial charge in [-0.25, -0.2) is 9.78 Å². The van der Waals surface area contributed by atoms with Gasteiger partial charge in [-0.3, -0.25) is 9.20 Å². The second-order valence-electron chi connectivity index (χ2n) is 8.59. The molecule has 31 heavy (non-hydrogen) atoms. The number of likely N-dealkylation sites (tertiary alicyclic amines) is 1. The first kappa shape index (κ1) is 19.6. The third-order valence-electron chi connectivity index (χ3n) is 6.30. The Hall–Kier alpha value is -3.35. The normalized spacial score (nSPS) is 18.5. The fourth-order valence-electron chi connectivity index (χ4n) is 4.37. The van der Waals surface area contributed by atoms with Crippen molar-refractivity contribution in [3.63, 3.8) is 0 Å². The summed E-state index contributed by atoms with van der Waals surface area (Å²) in [4.78, 5) is 30.7. The van der Waals surface area contributed by atoms with Crippen LogP contribution in [0.2, 0.25) is 0 Å². The molecule has 2 N–H and O–H groups in total. The monoisotopic (exact) mass is 418 g/mol. The molecule has 1 saturated heterocycles. The summed E-state index contributed by atoms with van der Waals surface area (Å²) in [7, 11) is 0. The minimum Gasteiger partial charge on any atom is -0.465 e. The highest BCUT2D eigenvalue weighted by Crippen LogP contribution is 2.34. The van der Waals surface area contributed by atoms with E-state index in [2.05, 4.69) is 5.32 Å². The number of pyridine rings is 1. The topological polar surface area (TPSA) is 86.9 Å². The summed E-state index contributed by atoms with van der Waals surface area (Å²) in [6, 6.07) is 13.6. The molecule has 3 aromatic rings. The molecule has 160 valence electrons. The summed E-state index contributed by atoms with van der Waals surface area (Å²) in [5.74, 6) is 0.771. The quantitative estimate of drug-likeness (QED) is 0.635. The molecule has 5 rings (SSSR count). The maximum Gasteiger partial charge on any atom is 0.407 e. The van der Waals surface area contributed by atoms with E-state index in [9.17, 15) is 9.59 Å². The van der Waals surface area contributed by atoms with Gasteiger partial charge in [-0.2, -0.15) is 0 Å². The van der Waals surface area contributed by atoms with Gasteiger partial charge in [-0.05, 0) is 55.0 Å². The number of rotatable bonds is 6. The molecule has 1 aliphatic carbocycles. The lowest BCUT2D eigenvalue weighted by Gasteiger charge is -2.16. The van der Waals surface area contributed by atoms with Crippen LogP contribution in [0.3, 0.4) is 0 Å². The van der Waals surface area contributed by atoms with Gasteiger partial charge in [0.25, 0.3) is 5.56 Å². The van der Waals surface area contributed by atoms with E-state index in [4.69, 9.17) is 10.1 Å². The minimum atomic E-state index is -0.873. The van der Waals surface area contributed by atoms with Crippen LogP contribution in [0.4, 0.5) is 10.5 Å². The first-order valence-corrected chi connectivity index (χ1v) is 10.9. The Bertz CT molecular complexity index is 1170. The number of aryl methyl sites for hydroxylation is 1. The highest BCUT2D eigenvalue weighted by atomic mass is 16.4. The zero-order chi connectivity index (χ0) is 21.4. The highest BCUT2D eigenvalue weighted by molar-refractivity contribution is 5.69. The average molecular weight is 418 g/mol. The number of carbonyl (C=O) groups is 1. The molecule has 1 aromatic carbocycles. The summed E-state index contributed by atoms with van der Waals surface area (Å²) in [6.07, 6.45) is 6.13. The Morgan fingerprint density at radius 2 is 1.94 bits per heavy atom. The fourth-order valence-corrected chi connectivity index (χ4v) is 4.37. The summed E-state index contributed by atoms with van der Waals surface area (Å²) in [5.41, 5.74) is 3.99. The molecule has 1 aliphatic heterocycles. The van der Waals surface area contributed by atoms with Crippen molar-refractivity contribution in [1.29, 1.82) is 0 Å². The summed E-state index contributed by atoms with van der Waals surface area (Å²) < 4.78 is 1.61. The van der Waals surface area contributed by atoms with Crippen LogP contribution in [0.15, 0.2) is 53.5 Å². The molecule has 2 aromatic heterocycles. The smallest absolute Gasteiger partial charge is 0.407 e. The lowest BCUT2D eigenvalue weighted by molar-refractivity contribution is 0.155. The number of hydrogen-bond acceptors (Lipinski definition) is 4. The summed E-state index contributed by atoms with van der Waals surface area (Å²) in [5, 5.41) is 12.5. The molecule has 2 aliphatic rings. The van der Waals surface area contributed by atoms with E-state index in [-0.39, 0.29) is 11.6 Å². The van der Waals surface area contributed by atoms with Crippen LogP contribution in [0.1, 0.15) is 31.4 Å². The lowest BCUT2D eigenvalue weighted by atomic mass is 10.0. The van der Waals surface area contributed by atoms with E-state index < -0.39 is 6.09 Å². The first-order chi connectivity index (χ1) is 15.1. The maximum atomic E-state index is 13.3. The Kier molecular flexibility index (Phi) is 5.10. The van der Waals surface area contributed by atoms with Crippen molar-refractivity contribution in [3.05, 3.63) is 64.7 Å². The molecule has 7 heteroatoms. The molecule has 2 fully saturated rings. The molecule has 0 spiro atoms. The highest BCUT2D eigenvalue weighted by Gasteiger charge is 2.26. The zero-order valence-electron chi connectivity index (χ0n) is 17.3. The number of hydrogen-bond donors (Lipinski definition) is 2. The van der Waals surface area contributed by atoms with Crippen LogP contribution in [-0.4, -0.2) is 44.6 Å². The second-order valence-corrected chi connectivity index (χ2v) is 8.59. The van der Waals surface area contributed by atoms with Crippen LogP contribution in [0, 0.1) is 5.92 Å². The van der Waals surface area contributed by atoms with Crippen LogP contribution >= 0.6 is 0 Å². The molecule has 0 radical (unpaired) electrons. The van der Waals surface area contributed by atoms with Gasteiger partial charge in [0.15, 0.2) is 0 Å². The molecule has 1 atom stereocenters. The fraction of sp³-hybridized carbons (Fsp3) is 0.375. The van der Waals surface area contributed by atoms with Gasteiger partial charge >= 0.3 is 6.09 Å². The van der Waals surface area contributed by atoms with Crippen molar-refractivity contribution in [2.45, 2.75) is 38.1 Å². The molecular formula is C24H26N4O3. The Labute approximate surface area is 180 Å². The SMILES string of the molecule is O=C(O)N1CCC(Nc2ccc(-c3c(CCC4CC4)nc4ccccn4c3=O)cc2)C1. The largest absolute Gasteiger partial charge is 0.465 e. The van der Waals surface area contributed by atoms with Gasteiger partial charge in [-0.1, -0.05) is 31.0 Å². The van der Waals surface area contributed by atoms with Crippen molar-refractivity contribution in [2.24, 2.45) is 5.92 Å². The summed E-state index contributed by atoms with van der Waals surface area (Å²) in [6.45, 7) is 1.04. The number of aromatic nitrogens is 2. The lowest BCUT2D eigenvalue weighted by Crippen LogP contribution is -2.30. The van der Waals surface area contributed by atoms with Crippen molar-refractivity contribution >= 4 is 17.4 Å². The van der Waals surface area contributed by atoms with Gasteiger partial charge in [0.1, 0.15) is 5.65 Å². The van der Waals surface area contributed by atoms with Crippen LogP contribution in [0.5, 0.6) is 0 Å². The number of anilines is 1. The van der Waals surface area contributed by atoms with E-state index in [0.29, 0.717) is 24.3 Å². The Morgan fingerprint density at radius 3 is 2.65 bits per heavy atom. The molecular weight excluding hydrogens is 392 g/mol. The van der Waals surface area contributed by atoms with Gasteiger partial charge in [0, 0.05) is 31.0 Å². The molecule has 1 saturated carbocycles. The van der Waals surface area contributed by atoms with Gasteiger partial charge in [0.2, 0.25) is 0 Å². The molecule has 0 bridgehead atoms. The average Bonchev–Trinajstić information content (AvgIpc) is 3.49. The zero-order valence-corrected chi connectivity index (χ0v) is 17.3. The number of nitrogens with zero attached hydrogens (tertiary/aromatic N) is 3. The molecule has 7 nitrogen and oxygen atoms in total. The number of fused-ring (bicyclic) bond motifs is 1. The molecule has 1 unspecified atom stereocenters. The van der Waals surface area contributed by atoms with E-state index in [1.807, 2.05) is 42.5 Å². The number of carboxylic acid groups (broad SMARTS) is 1. The van der Waals surface area contributed by atoms with Crippen LogP contribution < -0.4 is 10.9 Å². The standard InChI is InChI=1S/C24H26N4O3/c29-23-22(20(11-6-16-4-5-16)26-21-3-1-2-13-28(21)23)17-7-9-18(10-8-17)25-19-12-14-27(15-19)24(30)31/h1-3,7-10,13,16,19,25H,4-6,11-12,14-15H2,(H,30,31). The van der Waals surface area contributed by atoms with Crippen molar-refractivity contribution < 1.29 is 9.90 Å². The third kappa shape index (κ3) is 4.13. The number of benzene rings is 1. The van der Waals surface area contributed by atoms with Crippen LogP contribution in [-0.2, 0) is 6.42 Å². The second kappa shape index (κ2) is 8.06. The maximum absolute atomic E-state index is 13.3. The Balaban J connectivity index is 1.42. The van der Waals surface area contributed by atoms with Gasteiger partial charge in [-0.15, -0.1) is 0 Å². The predicted octanol–water partition coefficient (Wildman–Crippen LogP) is 3.87. The van der Waals surface area contributed by atoms with E-state index in [1.165, 1.54) is 17.7 Å². The van der Waals surface area contributed by atoms with E-state index in [0.717, 1.165) is 42.1 Å². The Morgan fingerprint density at radius 1 is 1.13 bits per heavy atom. The van der Waals surface area contributed by atoms with Crippen molar-refractivity contribution in [3.8, 4) is 11.1 Å². The number of amides is 1.